The van der Waals surface area contributed by atoms with Crippen LogP contribution in [0.1, 0.15) is 20.8 Å². The van der Waals surface area contributed by atoms with Gasteiger partial charge >= 0.3 is 0 Å². The summed E-state index contributed by atoms with van der Waals surface area (Å²) in [5, 5.41) is 9.86. The van der Waals surface area contributed by atoms with Crippen molar-refractivity contribution < 1.29 is 14.7 Å². The Kier molecular flexibility index (Phi) is 2.22. The zero-order chi connectivity index (χ0) is 10.2. The maximum Gasteiger partial charge on any atom is 0.181 e. The van der Waals surface area contributed by atoms with Crippen LogP contribution in [0.3, 0.4) is 0 Å². The van der Waals surface area contributed by atoms with E-state index in [1.165, 1.54) is 19.1 Å². The van der Waals surface area contributed by atoms with Crippen molar-refractivity contribution in [2.45, 2.75) is 26.4 Å². The zero-order valence-electron chi connectivity index (χ0n) is 7.92. The second-order valence-corrected chi connectivity index (χ2v) is 3.34. The van der Waals surface area contributed by atoms with E-state index in [1.807, 2.05) is 0 Å². The Morgan fingerprint density at radius 1 is 1.46 bits per heavy atom. The molecular formula is C10H12O3. The summed E-state index contributed by atoms with van der Waals surface area (Å²) in [5.74, 6) is -0.517. The molecule has 3 nitrogen and oxygen atoms in total. The number of hydrogen-bond donors (Lipinski definition) is 1. The number of Topliss-reactive ketones (excluding diaryl/α,β-unsaturated/α-hetero) is 1. The molecule has 0 aromatic heterocycles. The molecule has 0 bridgehead atoms. The lowest BCUT2D eigenvalue weighted by molar-refractivity contribution is -0.128. The van der Waals surface area contributed by atoms with E-state index in [0.717, 1.165) is 0 Å². The summed E-state index contributed by atoms with van der Waals surface area (Å²) >= 11 is 0. The Labute approximate surface area is 76.8 Å². The van der Waals surface area contributed by atoms with Crippen LogP contribution in [0.5, 0.6) is 0 Å². The van der Waals surface area contributed by atoms with Crippen molar-refractivity contribution in [3.8, 4) is 0 Å². The molecule has 1 atom stereocenters. The van der Waals surface area contributed by atoms with Crippen LogP contribution in [-0.2, 0) is 9.59 Å². The molecule has 0 fully saturated rings. The highest BCUT2D eigenvalue weighted by Crippen LogP contribution is 2.26. The Hall–Kier alpha value is -1.22. The van der Waals surface area contributed by atoms with Crippen molar-refractivity contribution in [1.29, 1.82) is 0 Å². The average Bonchev–Trinajstić information content (AvgIpc) is 2.01. The summed E-state index contributed by atoms with van der Waals surface area (Å²) in [6.45, 7) is 4.46. The van der Waals surface area contributed by atoms with Crippen molar-refractivity contribution in [2.75, 3.05) is 0 Å². The highest BCUT2D eigenvalue weighted by atomic mass is 16.3. The fraction of sp³-hybridized carbons (Fsp3) is 0.400. The van der Waals surface area contributed by atoms with Crippen LogP contribution >= 0.6 is 0 Å². The first-order valence-corrected chi connectivity index (χ1v) is 4.04. The largest absolute Gasteiger partial charge is 0.374 e. The number of ketones is 2. The third-order valence-electron chi connectivity index (χ3n) is 2.30. The van der Waals surface area contributed by atoms with E-state index in [2.05, 4.69) is 0 Å². The van der Waals surface area contributed by atoms with E-state index in [-0.39, 0.29) is 11.6 Å². The number of aliphatic hydroxyl groups is 1. The van der Waals surface area contributed by atoms with Gasteiger partial charge in [-0.3, -0.25) is 9.59 Å². The second-order valence-electron chi connectivity index (χ2n) is 3.34. The molecule has 1 unspecified atom stereocenters. The van der Waals surface area contributed by atoms with Crippen LogP contribution in [0.25, 0.3) is 0 Å². The number of carbonyl (C=O) groups is 2. The number of carbonyl (C=O) groups excluding carboxylic acids is 2. The van der Waals surface area contributed by atoms with Gasteiger partial charge in [-0.15, -0.1) is 0 Å². The molecule has 13 heavy (non-hydrogen) atoms. The molecule has 1 N–H and O–H groups in total. The van der Waals surface area contributed by atoms with Crippen molar-refractivity contribution in [2.24, 2.45) is 0 Å². The highest BCUT2D eigenvalue weighted by molar-refractivity contribution is 6.08. The van der Waals surface area contributed by atoms with Crippen LogP contribution in [0, 0.1) is 0 Å². The van der Waals surface area contributed by atoms with Gasteiger partial charge in [0.1, 0.15) is 0 Å². The number of hydrogen-bond acceptors (Lipinski definition) is 3. The normalized spacial score (nSPS) is 28.2. The van der Waals surface area contributed by atoms with Gasteiger partial charge in [0.25, 0.3) is 0 Å². The summed E-state index contributed by atoms with van der Waals surface area (Å²) in [6.07, 6.45) is 2.61. The molecule has 0 saturated heterocycles. The first-order valence-electron chi connectivity index (χ1n) is 4.04. The molecule has 1 aliphatic carbocycles. The molecule has 0 aromatic rings. The Bertz CT molecular complexity index is 336. The van der Waals surface area contributed by atoms with Gasteiger partial charge in [0, 0.05) is 0 Å². The monoisotopic (exact) mass is 180 g/mol. The first-order chi connectivity index (χ1) is 5.88. The van der Waals surface area contributed by atoms with E-state index < -0.39 is 5.60 Å². The lowest BCUT2D eigenvalue weighted by atomic mass is 9.83. The van der Waals surface area contributed by atoms with Crippen LogP contribution in [0.15, 0.2) is 23.3 Å². The van der Waals surface area contributed by atoms with E-state index in [9.17, 15) is 14.7 Å². The predicted octanol–water partition coefficient (Wildman–Crippen LogP) is 0.782. The van der Waals surface area contributed by atoms with Gasteiger partial charge in [0.15, 0.2) is 17.2 Å². The molecule has 1 rings (SSSR count). The summed E-state index contributed by atoms with van der Waals surface area (Å²) in [5.41, 5.74) is -0.781. The Morgan fingerprint density at radius 3 is 2.46 bits per heavy atom. The van der Waals surface area contributed by atoms with Gasteiger partial charge in [0.2, 0.25) is 0 Å². The molecule has 0 aromatic carbocycles. The van der Waals surface area contributed by atoms with Crippen molar-refractivity contribution in [3.05, 3.63) is 23.3 Å². The molecule has 70 valence electrons. The summed E-state index contributed by atoms with van der Waals surface area (Å²) in [6, 6.07) is 0. The lowest BCUT2D eigenvalue weighted by Crippen LogP contribution is -2.39. The average molecular weight is 180 g/mol. The SMILES string of the molecule is CC(=O)C1(O)C=C(C)C(=O)C=C1C. The van der Waals surface area contributed by atoms with E-state index in [0.29, 0.717) is 11.1 Å². The van der Waals surface area contributed by atoms with Crippen LogP contribution < -0.4 is 0 Å². The predicted molar refractivity (Wildman–Crippen MR) is 48.2 cm³/mol. The van der Waals surface area contributed by atoms with E-state index in [1.54, 1.807) is 13.8 Å². The minimum Gasteiger partial charge on any atom is -0.374 e. The van der Waals surface area contributed by atoms with Crippen molar-refractivity contribution in [3.63, 3.8) is 0 Å². The smallest absolute Gasteiger partial charge is 0.181 e. The molecule has 0 saturated carbocycles. The van der Waals surface area contributed by atoms with Gasteiger partial charge in [-0.05, 0) is 44.1 Å². The van der Waals surface area contributed by atoms with Gasteiger partial charge in [0.05, 0.1) is 0 Å². The van der Waals surface area contributed by atoms with E-state index in [4.69, 9.17) is 0 Å². The molecule has 0 radical (unpaired) electrons. The number of rotatable bonds is 1. The fourth-order valence-corrected chi connectivity index (χ4v) is 1.30. The Balaban J connectivity index is 3.22. The standard InChI is InChI=1S/C10H12O3/c1-6-5-10(13,8(3)11)7(2)4-9(6)12/h4-5,13H,1-3H3. The maximum absolute atomic E-state index is 11.1. The third kappa shape index (κ3) is 1.47. The second kappa shape index (κ2) is 2.92. The summed E-state index contributed by atoms with van der Waals surface area (Å²) in [7, 11) is 0. The van der Waals surface area contributed by atoms with Gasteiger partial charge in [-0.2, -0.15) is 0 Å². The van der Waals surface area contributed by atoms with Gasteiger partial charge in [-0.25, -0.2) is 0 Å². The lowest BCUT2D eigenvalue weighted by Gasteiger charge is -2.26. The first kappa shape index (κ1) is 9.86. The molecule has 0 spiro atoms. The van der Waals surface area contributed by atoms with Crippen LogP contribution in [-0.4, -0.2) is 22.3 Å². The topological polar surface area (TPSA) is 54.4 Å². The highest BCUT2D eigenvalue weighted by Gasteiger charge is 2.35. The maximum atomic E-state index is 11.1. The Morgan fingerprint density at radius 2 is 2.00 bits per heavy atom. The summed E-state index contributed by atoms with van der Waals surface area (Å²) < 4.78 is 0. The van der Waals surface area contributed by atoms with E-state index >= 15 is 0 Å². The molecule has 3 heteroatoms. The quantitative estimate of drug-likeness (QED) is 0.648. The summed E-state index contributed by atoms with van der Waals surface area (Å²) in [4.78, 5) is 22.3. The van der Waals surface area contributed by atoms with Crippen molar-refractivity contribution in [1.82, 2.24) is 0 Å². The number of allylic oxidation sites excluding steroid dienone is 2. The zero-order valence-corrected chi connectivity index (χ0v) is 7.92. The fourth-order valence-electron chi connectivity index (χ4n) is 1.30. The molecule has 0 amide bonds. The van der Waals surface area contributed by atoms with Gasteiger partial charge in [-0.1, -0.05) is 0 Å². The molecule has 1 aliphatic rings. The van der Waals surface area contributed by atoms with Gasteiger partial charge < -0.3 is 5.11 Å². The van der Waals surface area contributed by atoms with Crippen molar-refractivity contribution >= 4 is 11.6 Å². The van der Waals surface area contributed by atoms with Crippen LogP contribution in [0.4, 0.5) is 0 Å². The third-order valence-corrected chi connectivity index (χ3v) is 2.30. The van der Waals surface area contributed by atoms with Crippen LogP contribution in [0.2, 0.25) is 0 Å². The molecule has 0 aliphatic heterocycles. The molecule has 0 heterocycles. The minimum absolute atomic E-state index is 0.150. The molecular weight excluding hydrogens is 168 g/mol. The minimum atomic E-state index is -1.57.